The fourth-order valence-corrected chi connectivity index (χ4v) is 5.63. The molecule has 2 amide bonds. The minimum Gasteiger partial charge on any atom is -0.457 e. The number of hydrogen-bond acceptors (Lipinski definition) is 5. The number of halogens is 2. The first-order valence-electron chi connectivity index (χ1n) is 10.2. The van der Waals surface area contributed by atoms with Crippen LogP contribution in [0.1, 0.15) is 39.9 Å². The number of nitrogens with zero attached hydrogens (tertiary/aromatic N) is 1. The van der Waals surface area contributed by atoms with Gasteiger partial charge in [-0.25, -0.2) is 0 Å². The highest BCUT2D eigenvalue weighted by molar-refractivity contribution is 7.17. The molecular weight excluding hydrogens is 481 g/mol. The number of anilines is 1. The van der Waals surface area contributed by atoms with Crippen LogP contribution in [0.2, 0.25) is 10.0 Å². The fraction of sp³-hybridized carbons (Fsp3) is 0.208. The van der Waals surface area contributed by atoms with Crippen molar-refractivity contribution in [2.45, 2.75) is 26.2 Å². The van der Waals surface area contributed by atoms with Gasteiger partial charge in [-0.05, 0) is 55.0 Å². The number of furan rings is 1. The summed E-state index contributed by atoms with van der Waals surface area (Å²) >= 11 is 13.6. The van der Waals surface area contributed by atoms with Gasteiger partial charge < -0.3 is 15.5 Å². The molecule has 33 heavy (non-hydrogen) atoms. The number of primary amides is 1. The van der Waals surface area contributed by atoms with E-state index in [1.54, 1.807) is 30.3 Å². The van der Waals surface area contributed by atoms with Gasteiger partial charge in [-0.2, -0.15) is 5.26 Å². The Bertz CT molecular complexity index is 1330. The van der Waals surface area contributed by atoms with Crippen molar-refractivity contribution in [3.63, 3.8) is 0 Å². The summed E-state index contributed by atoms with van der Waals surface area (Å²) in [6.45, 7) is 2.15. The highest BCUT2D eigenvalue weighted by atomic mass is 35.5. The molecule has 3 aromatic rings. The molecule has 168 valence electrons. The van der Waals surface area contributed by atoms with Gasteiger partial charge in [0.2, 0.25) is 0 Å². The number of fused-ring (bicyclic) bond motifs is 1. The lowest BCUT2D eigenvalue weighted by Crippen LogP contribution is -2.19. The van der Waals surface area contributed by atoms with Crippen molar-refractivity contribution in [1.29, 1.82) is 5.26 Å². The summed E-state index contributed by atoms with van der Waals surface area (Å²) < 4.78 is 5.76. The Morgan fingerprint density at radius 2 is 2.09 bits per heavy atom. The van der Waals surface area contributed by atoms with Crippen LogP contribution in [0.5, 0.6) is 0 Å². The number of hydrogen-bond donors (Lipinski definition) is 2. The second-order valence-corrected chi connectivity index (χ2v) is 9.74. The minimum atomic E-state index is -0.648. The monoisotopic (exact) mass is 499 g/mol. The van der Waals surface area contributed by atoms with Crippen LogP contribution < -0.4 is 11.1 Å². The lowest BCUT2D eigenvalue weighted by Gasteiger charge is -2.18. The van der Waals surface area contributed by atoms with Gasteiger partial charge in [0.25, 0.3) is 11.8 Å². The molecule has 6 nitrogen and oxygen atoms in total. The molecule has 4 rings (SSSR count). The molecule has 0 aliphatic heterocycles. The number of rotatable bonds is 5. The molecule has 0 radical (unpaired) electrons. The van der Waals surface area contributed by atoms with Crippen molar-refractivity contribution in [2.24, 2.45) is 11.7 Å². The highest BCUT2D eigenvalue weighted by Gasteiger charge is 2.27. The first-order valence-corrected chi connectivity index (χ1v) is 11.8. The number of nitrogens with two attached hydrogens (primary N) is 1. The molecule has 0 bridgehead atoms. The number of amides is 2. The fourth-order valence-electron chi connectivity index (χ4n) is 3.83. The van der Waals surface area contributed by atoms with E-state index in [4.69, 9.17) is 33.4 Å². The molecule has 2 heterocycles. The molecule has 1 unspecified atom stereocenters. The number of nitrogens with one attached hydrogen (secondary N) is 1. The Morgan fingerprint density at radius 1 is 1.30 bits per heavy atom. The predicted molar refractivity (Wildman–Crippen MR) is 130 cm³/mol. The first-order chi connectivity index (χ1) is 15.8. The SMILES string of the molecule is CC1CCc2c(sc(NC(=O)/C(C#N)=C/c3ccc(-c4cccc(Cl)c4Cl)o3)c2C(N)=O)C1. The van der Waals surface area contributed by atoms with Gasteiger partial charge in [-0.3, -0.25) is 9.59 Å². The molecule has 9 heteroatoms. The van der Waals surface area contributed by atoms with E-state index in [0.29, 0.717) is 43.6 Å². The van der Waals surface area contributed by atoms with Crippen LogP contribution in [0.3, 0.4) is 0 Å². The van der Waals surface area contributed by atoms with E-state index < -0.39 is 11.8 Å². The Kier molecular flexibility index (Phi) is 6.61. The summed E-state index contributed by atoms with van der Waals surface area (Å²) in [6, 6.07) is 10.3. The second kappa shape index (κ2) is 9.44. The molecule has 1 aliphatic carbocycles. The third-order valence-electron chi connectivity index (χ3n) is 5.48. The maximum Gasteiger partial charge on any atom is 0.267 e. The van der Waals surface area contributed by atoms with Crippen LogP contribution >= 0.6 is 34.5 Å². The Morgan fingerprint density at radius 3 is 2.82 bits per heavy atom. The van der Waals surface area contributed by atoms with Gasteiger partial charge in [-0.15, -0.1) is 11.3 Å². The van der Waals surface area contributed by atoms with E-state index in [0.717, 1.165) is 29.7 Å². The Hall–Kier alpha value is -3.05. The van der Waals surface area contributed by atoms with Crippen molar-refractivity contribution in [1.82, 2.24) is 0 Å². The lowest BCUT2D eigenvalue weighted by atomic mass is 9.88. The third-order valence-corrected chi connectivity index (χ3v) is 7.47. The van der Waals surface area contributed by atoms with Crippen molar-refractivity contribution < 1.29 is 14.0 Å². The van der Waals surface area contributed by atoms with Crippen molar-refractivity contribution in [3.8, 4) is 17.4 Å². The molecule has 0 spiro atoms. The zero-order valence-corrected chi connectivity index (χ0v) is 19.9. The average Bonchev–Trinajstić information content (AvgIpc) is 3.37. The van der Waals surface area contributed by atoms with E-state index in [2.05, 4.69) is 12.2 Å². The van der Waals surface area contributed by atoms with Crippen LogP contribution in [-0.4, -0.2) is 11.8 Å². The van der Waals surface area contributed by atoms with Gasteiger partial charge in [0.05, 0.1) is 15.6 Å². The maximum absolute atomic E-state index is 12.8. The second-order valence-electron chi connectivity index (χ2n) is 7.85. The van der Waals surface area contributed by atoms with Crippen molar-refractivity contribution >= 4 is 57.4 Å². The quantitative estimate of drug-likeness (QED) is 0.327. The standard InChI is InChI=1S/C24H19Cl2N3O3S/c1-12-5-7-16-19(9-12)33-24(20(16)22(28)30)29-23(31)13(11-27)10-14-6-8-18(32-14)15-3-2-4-17(25)21(15)26/h2-4,6,8,10,12H,5,7,9H2,1H3,(H2,28,30)(H,29,31)/b13-10+. The van der Waals surface area contributed by atoms with E-state index in [1.165, 1.54) is 17.4 Å². The molecular formula is C24H19Cl2N3O3S. The van der Waals surface area contributed by atoms with Gasteiger partial charge in [0.15, 0.2) is 0 Å². The van der Waals surface area contributed by atoms with Crippen molar-refractivity contribution in [3.05, 3.63) is 67.7 Å². The van der Waals surface area contributed by atoms with Gasteiger partial charge >= 0.3 is 0 Å². The molecule has 0 fully saturated rings. The smallest absolute Gasteiger partial charge is 0.267 e. The summed E-state index contributed by atoms with van der Waals surface area (Å²) in [5.41, 5.74) is 7.26. The van der Waals surface area contributed by atoms with Gasteiger partial charge in [-0.1, -0.05) is 36.2 Å². The number of nitriles is 1. The van der Waals surface area contributed by atoms with Crippen LogP contribution in [0.4, 0.5) is 5.00 Å². The molecule has 2 aromatic heterocycles. The summed E-state index contributed by atoms with van der Waals surface area (Å²) in [7, 11) is 0. The van der Waals surface area contributed by atoms with Gasteiger partial charge in [0.1, 0.15) is 28.2 Å². The molecule has 0 saturated carbocycles. The number of carbonyl (C=O) groups excluding carboxylic acids is 2. The van der Waals surface area contributed by atoms with Crippen LogP contribution in [0.15, 0.2) is 40.3 Å². The lowest BCUT2D eigenvalue weighted by molar-refractivity contribution is -0.112. The molecule has 1 atom stereocenters. The van der Waals surface area contributed by atoms with E-state index in [9.17, 15) is 14.9 Å². The number of carbonyl (C=O) groups is 2. The van der Waals surface area contributed by atoms with E-state index >= 15 is 0 Å². The zero-order valence-electron chi connectivity index (χ0n) is 17.6. The Labute approximate surface area is 204 Å². The van der Waals surface area contributed by atoms with Crippen molar-refractivity contribution in [2.75, 3.05) is 5.32 Å². The number of benzene rings is 1. The normalized spacial score (nSPS) is 15.6. The molecule has 1 aliphatic rings. The largest absolute Gasteiger partial charge is 0.457 e. The third kappa shape index (κ3) is 4.69. The summed E-state index contributed by atoms with van der Waals surface area (Å²) in [5.74, 6) is 0.000113. The van der Waals surface area contributed by atoms with E-state index in [-0.39, 0.29) is 5.57 Å². The predicted octanol–water partition coefficient (Wildman–Crippen LogP) is 6.08. The number of thiophene rings is 1. The molecule has 1 aromatic carbocycles. The summed E-state index contributed by atoms with van der Waals surface area (Å²) in [6.07, 6.45) is 3.86. The molecule has 3 N–H and O–H groups in total. The topological polar surface area (TPSA) is 109 Å². The van der Waals surface area contributed by atoms with Crippen LogP contribution in [0, 0.1) is 17.2 Å². The Balaban J connectivity index is 1.60. The summed E-state index contributed by atoms with van der Waals surface area (Å²) in [4.78, 5) is 26.0. The van der Waals surface area contributed by atoms with Gasteiger partial charge in [0, 0.05) is 16.5 Å². The van der Waals surface area contributed by atoms with Crippen LogP contribution in [0.25, 0.3) is 17.4 Å². The summed E-state index contributed by atoms with van der Waals surface area (Å²) in [5, 5.41) is 13.4. The van der Waals surface area contributed by atoms with Crippen LogP contribution in [-0.2, 0) is 17.6 Å². The zero-order chi connectivity index (χ0) is 23.7. The maximum atomic E-state index is 12.8. The first kappa shape index (κ1) is 23.1. The highest BCUT2D eigenvalue weighted by Crippen LogP contribution is 2.40. The van der Waals surface area contributed by atoms with E-state index in [1.807, 2.05) is 6.07 Å². The average molecular weight is 500 g/mol. The molecule has 0 saturated heterocycles. The minimum absolute atomic E-state index is 0.178.